The molecule has 142 valence electrons. The molecule has 4 atom stereocenters. The highest BCUT2D eigenvalue weighted by Crippen LogP contribution is 2.49. The van der Waals surface area contributed by atoms with E-state index >= 15 is 0 Å². The van der Waals surface area contributed by atoms with E-state index in [0.717, 1.165) is 19.3 Å². The lowest BCUT2D eigenvalue weighted by Crippen LogP contribution is -2.45. The van der Waals surface area contributed by atoms with Crippen molar-refractivity contribution >= 4 is 12.0 Å². The van der Waals surface area contributed by atoms with Crippen LogP contribution in [0.4, 0.5) is 18.0 Å². The number of hydrogen-bond acceptors (Lipinski definition) is 2. The zero-order valence-corrected chi connectivity index (χ0v) is 14.1. The van der Waals surface area contributed by atoms with Gasteiger partial charge in [0.25, 0.3) is 0 Å². The van der Waals surface area contributed by atoms with Crippen LogP contribution in [0.2, 0.25) is 0 Å². The zero-order valence-electron chi connectivity index (χ0n) is 14.1. The average molecular weight is 362 g/mol. The minimum Gasteiger partial charge on any atom is -0.481 e. The van der Waals surface area contributed by atoms with Crippen LogP contribution in [-0.2, 0) is 4.79 Å². The third-order valence-corrected chi connectivity index (χ3v) is 6.43. The Balaban J connectivity index is 1.57. The predicted octanol–water partition coefficient (Wildman–Crippen LogP) is 3.25. The van der Waals surface area contributed by atoms with Gasteiger partial charge in [-0.15, -0.1) is 0 Å². The standard InChI is InChI=1S/C17H25F3N2O3/c18-17(19,20)13-6-2-1-4-11(13)8-21-15(25)22-9-12-5-3-7-16(12,10-22)14(23)24/h11-13H,1-10H2,(H,21,25)(H,23,24)/t11-,12+,13-,16-/m1/s1. The van der Waals surface area contributed by atoms with Gasteiger partial charge in [0.05, 0.1) is 11.3 Å². The Bertz CT molecular complexity index is 540. The summed E-state index contributed by atoms with van der Waals surface area (Å²) < 4.78 is 39.4. The van der Waals surface area contributed by atoms with Gasteiger partial charge in [-0.05, 0) is 37.5 Å². The molecule has 2 amide bonds. The second-order valence-corrected chi connectivity index (χ2v) is 7.81. The van der Waals surface area contributed by atoms with Gasteiger partial charge in [0.1, 0.15) is 0 Å². The summed E-state index contributed by atoms with van der Waals surface area (Å²) in [6.07, 6.45) is -0.116. The minimum atomic E-state index is -4.23. The number of carboxylic acid groups (broad SMARTS) is 1. The highest BCUT2D eigenvalue weighted by atomic mass is 19.4. The predicted molar refractivity (Wildman–Crippen MR) is 83.9 cm³/mol. The molecule has 0 unspecified atom stereocenters. The number of likely N-dealkylation sites (tertiary alicyclic amines) is 1. The Hall–Kier alpha value is -1.47. The van der Waals surface area contributed by atoms with Crippen LogP contribution in [0.1, 0.15) is 44.9 Å². The molecule has 3 aliphatic rings. The summed E-state index contributed by atoms with van der Waals surface area (Å²) in [7, 11) is 0. The monoisotopic (exact) mass is 362 g/mol. The normalized spacial score (nSPS) is 35.5. The summed E-state index contributed by atoms with van der Waals surface area (Å²) in [6, 6.07) is -0.429. The molecular weight excluding hydrogens is 337 g/mol. The van der Waals surface area contributed by atoms with Crippen LogP contribution in [0.15, 0.2) is 0 Å². The lowest BCUT2D eigenvalue weighted by atomic mass is 9.79. The van der Waals surface area contributed by atoms with Gasteiger partial charge in [0, 0.05) is 19.6 Å². The molecule has 0 aromatic rings. The Morgan fingerprint density at radius 2 is 1.88 bits per heavy atom. The SMILES string of the molecule is O=C(NC[C@H]1CCCC[C@H]1C(F)(F)F)N1C[C@@H]2CCC[C@@]2(C(=O)O)C1. The van der Waals surface area contributed by atoms with Crippen molar-refractivity contribution in [2.75, 3.05) is 19.6 Å². The van der Waals surface area contributed by atoms with E-state index in [2.05, 4.69) is 5.32 Å². The van der Waals surface area contributed by atoms with Crippen LogP contribution in [-0.4, -0.2) is 47.8 Å². The van der Waals surface area contributed by atoms with E-state index in [4.69, 9.17) is 0 Å². The first-order valence-corrected chi connectivity index (χ1v) is 9.07. The maximum atomic E-state index is 13.1. The Labute approximate surface area is 144 Å². The molecule has 2 saturated carbocycles. The van der Waals surface area contributed by atoms with Gasteiger partial charge >= 0.3 is 18.2 Å². The van der Waals surface area contributed by atoms with Crippen LogP contribution in [0.25, 0.3) is 0 Å². The van der Waals surface area contributed by atoms with Crippen LogP contribution >= 0.6 is 0 Å². The number of aliphatic carboxylic acids is 1. The lowest BCUT2D eigenvalue weighted by Gasteiger charge is -2.33. The molecule has 0 radical (unpaired) electrons. The third kappa shape index (κ3) is 3.44. The van der Waals surface area contributed by atoms with Crippen LogP contribution in [0, 0.1) is 23.2 Å². The van der Waals surface area contributed by atoms with Crippen molar-refractivity contribution in [1.29, 1.82) is 0 Å². The largest absolute Gasteiger partial charge is 0.481 e. The van der Waals surface area contributed by atoms with Gasteiger partial charge in [-0.1, -0.05) is 19.3 Å². The van der Waals surface area contributed by atoms with Crippen molar-refractivity contribution in [3.8, 4) is 0 Å². The number of halogens is 3. The summed E-state index contributed by atoms with van der Waals surface area (Å²) in [5.41, 5.74) is -0.864. The molecule has 1 aliphatic heterocycles. The van der Waals surface area contributed by atoms with Crippen molar-refractivity contribution in [2.24, 2.45) is 23.2 Å². The quantitative estimate of drug-likeness (QED) is 0.810. The van der Waals surface area contributed by atoms with Gasteiger partial charge in [0.2, 0.25) is 0 Å². The number of hydrogen-bond donors (Lipinski definition) is 2. The molecule has 0 bridgehead atoms. The van der Waals surface area contributed by atoms with Gasteiger partial charge < -0.3 is 15.3 Å². The number of carbonyl (C=O) groups is 2. The first-order valence-electron chi connectivity index (χ1n) is 9.07. The molecule has 5 nitrogen and oxygen atoms in total. The number of rotatable bonds is 3. The average Bonchev–Trinajstić information content (AvgIpc) is 3.10. The first-order chi connectivity index (χ1) is 11.7. The maximum absolute atomic E-state index is 13.1. The van der Waals surface area contributed by atoms with E-state index < -0.39 is 35.4 Å². The number of amides is 2. The van der Waals surface area contributed by atoms with E-state index in [0.29, 0.717) is 25.8 Å². The van der Waals surface area contributed by atoms with Crippen molar-refractivity contribution in [1.82, 2.24) is 10.2 Å². The topological polar surface area (TPSA) is 69.6 Å². The van der Waals surface area contributed by atoms with Gasteiger partial charge in [-0.3, -0.25) is 4.79 Å². The van der Waals surface area contributed by atoms with Crippen LogP contribution < -0.4 is 5.32 Å². The van der Waals surface area contributed by atoms with Crippen molar-refractivity contribution in [2.45, 2.75) is 51.1 Å². The van der Waals surface area contributed by atoms with E-state index in [1.807, 2.05) is 0 Å². The Kier molecular flexibility index (Phi) is 4.90. The lowest BCUT2D eigenvalue weighted by molar-refractivity contribution is -0.195. The summed E-state index contributed by atoms with van der Waals surface area (Å²) in [5, 5.41) is 12.2. The Morgan fingerprint density at radius 3 is 2.52 bits per heavy atom. The second-order valence-electron chi connectivity index (χ2n) is 7.81. The van der Waals surface area contributed by atoms with Gasteiger partial charge in [-0.2, -0.15) is 13.2 Å². The third-order valence-electron chi connectivity index (χ3n) is 6.43. The molecule has 3 rings (SSSR count). The van der Waals surface area contributed by atoms with Crippen LogP contribution in [0.5, 0.6) is 0 Å². The number of carboxylic acids is 1. The van der Waals surface area contributed by atoms with Crippen molar-refractivity contribution in [3.63, 3.8) is 0 Å². The van der Waals surface area contributed by atoms with Gasteiger partial charge in [-0.25, -0.2) is 4.79 Å². The molecule has 0 aromatic carbocycles. The number of nitrogens with zero attached hydrogens (tertiary/aromatic N) is 1. The summed E-state index contributed by atoms with van der Waals surface area (Å²) in [4.78, 5) is 25.5. The van der Waals surface area contributed by atoms with Crippen molar-refractivity contribution < 1.29 is 27.9 Å². The minimum absolute atomic E-state index is 0.00421. The number of alkyl halides is 3. The molecule has 0 spiro atoms. The number of nitrogens with one attached hydrogen (secondary N) is 1. The maximum Gasteiger partial charge on any atom is 0.392 e. The summed E-state index contributed by atoms with van der Waals surface area (Å²) in [5.74, 6) is -2.86. The second kappa shape index (κ2) is 6.68. The smallest absolute Gasteiger partial charge is 0.392 e. The van der Waals surface area contributed by atoms with Crippen molar-refractivity contribution in [3.05, 3.63) is 0 Å². The van der Waals surface area contributed by atoms with E-state index in [1.165, 1.54) is 4.90 Å². The molecule has 25 heavy (non-hydrogen) atoms. The van der Waals surface area contributed by atoms with E-state index in [1.54, 1.807) is 0 Å². The van der Waals surface area contributed by atoms with E-state index in [-0.39, 0.29) is 25.4 Å². The highest BCUT2D eigenvalue weighted by molar-refractivity contribution is 5.80. The highest BCUT2D eigenvalue weighted by Gasteiger charge is 2.56. The molecular formula is C17H25F3N2O3. The van der Waals surface area contributed by atoms with E-state index in [9.17, 15) is 27.9 Å². The van der Waals surface area contributed by atoms with Crippen LogP contribution in [0.3, 0.4) is 0 Å². The molecule has 2 N–H and O–H groups in total. The Morgan fingerprint density at radius 1 is 1.16 bits per heavy atom. The fourth-order valence-electron chi connectivity index (χ4n) is 5.01. The summed E-state index contributed by atoms with van der Waals surface area (Å²) >= 11 is 0. The van der Waals surface area contributed by atoms with Gasteiger partial charge in [0.15, 0.2) is 0 Å². The number of carbonyl (C=O) groups excluding carboxylic acids is 1. The number of fused-ring (bicyclic) bond motifs is 1. The fourth-order valence-corrected chi connectivity index (χ4v) is 5.01. The molecule has 8 heteroatoms. The molecule has 0 aromatic heterocycles. The first kappa shape index (κ1) is 18.3. The molecule has 1 saturated heterocycles. The fraction of sp³-hybridized carbons (Fsp3) is 0.882. The zero-order chi connectivity index (χ0) is 18.2. The molecule has 1 heterocycles. The number of urea groups is 1. The molecule has 3 fully saturated rings. The summed E-state index contributed by atoms with van der Waals surface area (Å²) in [6.45, 7) is 0.544. The molecule has 2 aliphatic carbocycles.